The van der Waals surface area contributed by atoms with Crippen LogP contribution in [0.25, 0.3) is 11.0 Å². The van der Waals surface area contributed by atoms with Crippen LogP contribution in [0.3, 0.4) is 0 Å². The monoisotopic (exact) mass is 339 g/mol. The molecule has 0 bridgehead atoms. The first-order chi connectivity index (χ1) is 10.2. The van der Waals surface area contributed by atoms with Crippen LogP contribution in [-0.4, -0.2) is 23.1 Å². The van der Waals surface area contributed by atoms with E-state index in [-0.39, 0.29) is 0 Å². The second-order valence-corrected chi connectivity index (χ2v) is 6.19. The van der Waals surface area contributed by atoms with Gasteiger partial charge < -0.3 is 20.0 Å². The second-order valence-electron chi connectivity index (χ2n) is 4.56. The zero-order valence-corrected chi connectivity index (χ0v) is 13.5. The molecule has 0 saturated carbocycles. The highest BCUT2D eigenvalue weighted by Crippen LogP contribution is 2.27. The Morgan fingerprint density at radius 1 is 1.33 bits per heavy atom. The highest BCUT2D eigenvalue weighted by molar-refractivity contribution is 7.71. The second kappa shape index (κ2) is 6.62. The number of rotatable bonds is 6. The van der Waals surface area contributed by atoms with Crippen molar-refractivity contribution in [3.05, 3.63) is 44.3 Å². The molecule has 2 aromatic heterocycles. The minimum atomic E-state index is 0.561. The molecule has 21 heavy (non-hydrogen) atoms. The Balaban J connectivity index is 1.58. The summed E-state index contributed by atoms with van der Waals surface area (Å²) in [7, 11) is 0. The third-order valence-electron chi connectivity index (χ3n) is 3.00. The molecule has 3 aromatic rings. The lowest BCUT2D eigenvalue weighted by molar-refractivity contribution is 0.316. The molecule has 2 heterocycles. The Morgan fingerprint density at radius 3 is 3.05 bits per heavy atom. The Kier molecular flexibility index (Phi) is 4.60. The van der Waals surface area contributed by atoms with Crippen molar-refractivity contribution in [3.8, 4) is 5.75 Å². The number of fused-ring (bicyclic) bond motifs is 1. The molecule has 110 valence electrons. The van der Waals surface area contributed by atoms with E-state index < -0.39 is 0 Å². The molecule has 3 rings (SSSR count). The van der Waals surface area contributed by atoms with E-state index >= 15 is 0 Å². The van der Waals surface area contributed by atoms with Gasteiger partial charge in [0.2, 0.25) is 0 Å². The zero-order chi connectivity index (χ0) is 14.7. The van der Waals surface area contributed by atoms with E-state index in [0.29, 0.717) is 22.2 Å². The molecule has 3 N–H and O–H groups in total. The van der Waals surface area contributed by atoms with Crippen LogP contribution in [0.15, 0.2) is 29.0 Å². The van der Waals surface area contributed by atoms with Crippen LogP contribution in [-0.2, 0) is 6.54 Å². The molecule has 4 nitrogen and oxygen atoms in total. The number of benzene rings is 1. The average Bonchev–Trinajstić information content (AvgIpc) is 3.06. The van der Waals surface area contributed by atoms with E-state index in [4.69, 9.17) is 28.6 Å². The summed E-state index contributed by atoms with van der Waals surface area (Å²) in [5.41, 5.74) is 3.00. The molecule has 0 unspecified atom stereocenters. The van der Waals surface area contributed by atoms with E-state index in [0.717, 1.165) is 24.1 Å². The molecule has 0 aliphatic heterocycles. The molecule has 1 aromatic carbocycles. The van der Waals surface area contributed by atoms with Crippen LogP contribution in [0.1, 0.15) is 5.56 Å². The summed E-state index contributed by atoms with van der Waals surface area (Å²) in [6, 6.07) is 5.73. The van der Waals surface area contributed by atoms with Crippen molar-refractivity contribution >= 4 is 46.2 Å². The Morgan fingerprint density at radius 2 is 2.24 bits per heavy atom. The predicted molar refractivity (Wildman–Crippen MR) is 90.0 cm³/mol. The smallest absolute Gasteiger partial charge is 0.175 e. The normalized spacial score (nSPS) is 11.1. The fraction of sp³-hybridized carbons (Fsp3) is 0.214. The van der Waals surface area contributed by atoms with Gasteiger partial charge in [-0.25, -0.2) is 0 Å². The fourth-order valence-corrected chi connectivity index (χ4v) is 3.14. The van der Waals surface area contributed by atoms with Gasteiger partial charge >= 0.3 is 0 Å². The van der Waals surface area contributed by atoms with Gasteiger partial charge in [-0.15, -0.1) is 0 Å². The van der Waals surface area contributed by atoms with Gasteiger partial charge in [0, 0.05) is 24.2 Å². The summed E-state index contributed by atoms with van der Waals surface area (Å²) in [6.07, 6.45) is 0. The summed E-state index contributed by atoms with van der Waals surface area (Å²) < 4.78 is 6.35. The standard InChI is InChI=1S/C14H14ClN3OS2/c15-10-5-11-13(18-14(20)17-11)12(6-10)19-3-2-16-7-9-1-4-21-8-9/h1,4-6,8,16H,2-3,7H2,(H2,17,18,20). The Bertz CT molecular complexity index is 779. The van der Waals surface area contributed by atoms with Gasteiger partial charge in [-0.3, -0.25) is 0 Å². The predicted octanol–water partition coefficient (Wildman–Crippen LogP) is 4.11. The fourth-order valence-electron chi connectivity index (χ4n) is 2.05. The van der Waals surface area contributed by atoms with Crippen molar-refractivity contribution in [1.82, 2.24) is 15.3 Å². The average molecular weight is 340 g/mol. The van der Waals surface area contributed by atoms with Gasteiger partial charge in [-0.2, -0.15) is 11.3 Å². The quantitative estimate of drug-likeness (QED) is 0.468. The largest absolute Gasteiger partial charge is 0.490 e. The summed E-state index contributed by atoms with van der Waals surface area (Å²) in [6.45, 7) is 2.17. The molecule has 0 saturated heterocycles. The third kappa shape index (κ3) is 3.65. The molecule has 0 aliphatic carbocycles. The molecular weight excluding hydrogens is 326 g/mol. The van der Waals surface area contributed by atoms with Crippen molar-refractivity contribution in [3.63, 3.8) is 0 Å². The van der Waals surface area contributed by atoms with E-state index in [1.54, 1.807) is 17.4 Å². The lowest BCUT2D eigenvalue weighted by Gasteiger charge is -2.08. The Labute approximate surface area is 136 Å². The van der Waals surface area contributed by atoms with Gasteiger partial charge in [-0.05, 0) is 40.7 Å². The molecule has 0 atom stereocenters. The number of aromatic nitrogens is 2. The van der Waals surface area contributed by atoms with Crippen LogP contribution in [0.2, 0.25) is 5.02 Å². The van der Waals surface area contributed by atoms with Crippen LogP contribution in [0.5, 0.6) is 5.75 Å². The summed E-state index contributed by atoms with van der Waals surface area (Å²) >= 11 is 12.9. The first kappa shape index (κ1) is 14.6. The first-order valence-corrected chi connectivity index (χ1v) is 8.21. The van der Waals surface area contributed by atoms with Crippen LogP contribution >= 0.6 is 35.2 Å². The first-order valence-electron chi connectivity index (χ1n) is 6.48. The lowest BCUT2D eigenvalue weighted by atomic mass is 10.3. The number of ether oxygens (including phenoxy) is 1. The number of hydrogen-bond acceptors (Lipinski definition) is 4. The SMILES string of the molecule is S=c1[nH]c2cc(Cl)cc(OCCNCc3ccsc3)c2[nH]1. The number of hydrogen-bond donors (Lipinski definition) is 3. The molecule has 0 aliphatic rings. The summed E-state index contributed by atoms with van der Waals surface area (Å²) in [5.74, 6) is 0.710. The van der Waals surface area contributed by atoms with Crippen molar-refractivity contribution in [1.29, 1.82) is 0 Å². The highest BCUT2D eigenvalue weighted by atomic mass is 35.5. The molecule has 0 spiro atoms. The molecule has 0 amide bonds. The number of thiophene rings is 1. The molecule has 7 heteroatoms. The lowest BCUT2D eigenvalue weighted by Crippen LogP contribution is -2.20. The van der Waals surface area contributed by atoms with E-state index in [9.17, 15) is 0 Å². The topological polar surface area (TPSA) is 52.8 Å². The minimum absolute atomic E-state index is 0.561. The number of H-pyrrole nitrogens is 2. The highest BCUT2D eigenvalue weighted by Gasteiger charge is 2.07. The number of halogens is 1. The van der Waals surface area contributed by atoms with Gasteiger partial charge in [0.05, 0.1) is 5.52 Å². The Hall–Kier alpha value is -1.34. The minimum Gasteiger partial charge on any atom is -0.490 e. The van der Waals surface area contributed by atoms with Crippen molar-refractivity contribution in [2.75, 3.05) is 13.2 Å². The van der Waals surface area contributed by atoms with E-state index in [1.807, 2.05) is 6.07 Å². The van der Waals surface area contributed by atoms with Crippen LogP contribution < -0.4 is 10.1 Å². The van der Waals surface area contributed by atoms with Gasteiger partial charge in [0.25, 0.3) is 0 Å². The maximum absolute atomic E-state index is 6.08. The van der Waals surface area contributed by atoms with Crippen LogP contribution in [0.4, 0.5) is 0 Å². The number of imidazole rings is 1. The van der Waals surface area contributed by atoms with Crippen molar-refractivity contribution in [2.24, 2.45) is 0 Å². The van der Waals surface area contributed by atoms with E-state index in [1.165, 1.54) is 5.56 Å². The maximum Gasteiger partial charge on any atom is 0.175 e. The number of nitrogens with one attached hydrogen (secondary N) is 3. The zero-order valence-electron chi connectivity index (χ0n) is 11.1. The van der Waals surface area contributed by atoms with Crippen molar-refractivity contribution in [2.45, 2.75) is 6.54 Å². The summed E-state index contributed by atoms with van der Waals surface area (Å²) in [5, 5.41) is 8.16. The molecular formula is C14H14ClN3OS2. The molecule has 0 radical (unpaired) electrons. The molecule has 0 fully saturated rings. The number of aromatic amines is 2. The van der Waals surface area contributed by atoms with E-state index in [2.05, 4.69) is 32.1 Å². The van der Waals surface area contributed by atoms with Gasteiger partial charge in [-0.1, -0.05) is 11.6 Å². The van der Waals surface area contributed by atoms with Gasteiger partial charge in [0.1, 0.15) is 17.9 Å². The maximum atomic E-state index is 6.08. The van der Waals surface area contributed by atoms with Gasteiger partial charge in [0.15, 0.2) is 4.77 Å². The van der Waals surface area contributed by atoms with Crippen LogP contribution in [0, 0.1) is 4.77 Å². The third-order valence-corrected chi connectivity index (χ3v) is 4.15. The summed E-state index contributed by atoms with van der Waals surface area (Å²) in [4.78, 5) is 6.11. The van der Waals surface area contributed by atoms with Crippen molar-refractivity contribution < 1.29 is 4.74 Å².